The van der Waals surface area contributed by atoms with Crippen LogP contribution in [0.3, 0.4) is 0 Å². The first kappa shape index (κ1) is 22.8. The van der Waals surface area contributed by atoms with Crippen molar-refractivity contribution in [2.45, 2.75) is 13.0 Å². The third-order valence-electron chi connectivity index (χ3n) is 5.56. The molecule has 1 aromatic heterocycles. The van der Waals surface area contributed by atoms with Gasteiger partial charge >= 0.3 is 6.09 Å². The molecule has 2 fully saturated rings. The van der Waals surface area contributed by atoms with E-state index in [-0.39, 0.29) is 24.9 Å². The van der Waals surface area contributed by atoms with Crippen molar-refractivity contribution in [3.05, 3.63) is 52.5 Å². The van der Waals surface area contributed by atoms with Crippen LogP contribution in [-0.2, 0) is 14.3 Å². The summed E-state index contributed by atoms with van der Waals surface area (Å²) in [5, 5.41) is 4.57. The van der Waals surface area contributed by atoms with E-state index in [1.807, 2.05) is 28.5 Å². The minimum absolute atomic E-state index is 0.0553. The van der Waals surface area contributed by atoms with Crippen molar-refractivity contribution in [3.8, 4) is 0 Å². The lowest BCUT2D eigenvalue weighted by molar-refractivity contribution is -0.126. The number of thiophene rings is 1. The van der Waals surface area contributed by atoms with Gasteiger partial charge in [0.05, 0.1) is 24.5 Å². The van der Waals surface area contributed by atoms with E-state index in [0.29, 0.717) is 37.6 Å². The van der Waals surface area contributed by atoms with Gasteiger partial charge in [-0.1, -0.05) is 6.07 Å². The smallest absolute Gasteiger partial charge is 0.414 e. The van der Waals surface area contributed by atoms with E-state index in [9.17, 15) is 18.8 Å². The number of benzene rings is 1. The monoisotopic (exact) mass is 472 g/mol. The average molecular weight is 473 g/mol. The fourth-order valence-electron chi connectivity index (χ4n) is 3.83. The minimum atomic E-state index is -0.569. The van der Waals surface area contributed by atoms with Gasteiger partial charge in [-0.25, -0.2) is 9.18 Å². The van der Waals surface area contributed by atoms with Crippen LogP contribution in [0.5, 0.6) is 0 Å². The zero-order valence-electron chi connectivity index (χ0n) is 18.2. The van der Waals surface area contributed by atoms with Crippen LogP contribution < -0.4 is 15.1 Å². The number of nitrogens with zero attached hydrogens (tertiary/aromatic N) is 3. The second-order valence-corrected chi connectivity index (χ2v) is 8.83. The molecular weight excluding hydrogens is 447 g/mol. The van der Waals surface area contributed by atoms with Crippen LogP contribution in [0.15, 0.2) is 41.8 Å². The van der Waals surface area contributed by atoms with Crippen LogP contribution in [0.4, 0.5) is 20.6 Å². The van der Waals surface area contributed by atoms with E-state index < -0.39 is 18.0 Å². The highest BCUT2D eigenvalue weighted by Gasteiger charge is 2.33. The number of carbonyl (C=O) groups is 3. The Labute approximate surface area is 195 Å². The molecule has 2 aliphatic heterocycles. The first-order valence-corrected chi connectivity index (χ1v) is 11.6. The van der Waals surface area contributed by atoms with Crippen LogP contribution >= 0.6 is 11.3 Å². The fraction of sp³-hybridized carbons (Fsp3) is 0.348. The molecule has 174 valence electrons. The van der Waals surface area contributed by atoms with Crippen molar-refractivity contribution in [1.82, 2.24) is 10.2 Å². The van der Waals surface area contributed by atoms with Crippen molar-refractivity contribution < 1.29 is 23.5 Å². The molecule has 0 unspecified atom stereocenters. The van der Waals surface area contributed by atoms with Gasteiger partial charge in [-0.15, -0.1) is 11.3 Å². The zero-order valence-corrected chi connectivity index (χ0v) is 19.0. The van der Waals surface area contributed by atoms with Gasteiger partial charge in [0.2, 0.25) is 11.8 Å². The molecule has 1 atom stereocenters. The Kier molecular flexibility index (Phi) is 6.93. The van der Waals surface area contributed by atoms with Crippen molar-refractivity contribution >= 4 is 46.7 Å². The van der Waals surface area contributed by atoms with E-state index in [1.165, 1.54) is 17.9 Å². The molecule has 1 N–H and O–H groups in total. The van der Waals surface area contributed by atoms with Crippen LogP contribution in [0.25, 0.3) is 6.08 Å². The van der Waals surface area contributed by atoms with E-state index >= 15 is 0 Å². The van der Waals surface area contributed by atoms with Gasteiger partial charge in [-0.05, 0) is 35.7 Å². The van der Waals surface area contributed by atoms with Gasteiger partial charge in [0.25, 0.3) is 0 Å². The Hall–Kier alpha value is -3.40. The van der Waals surface area contributed by atoms with E-state index in [1.54, 1.807) is 34.4 Å². The molecule has 0 saturated carbocycles. The molecule has 2 aliphatic rings. The number of anilines is 2. The molecule has 0 radical (unpaired) electrons. The predicted molar refractivity (Wildman–Crippen MR) is 125 cm³/mol. The maximum Gasteiger partial charge on any atom is 0.414 e. The summed E-state index contributed by atoms with van der Waals surface area (Å²) in [7, 11) is 0. The Morgan fingerprint density at radius 2 is 2.03 bits per heavy atom. The summed E-state index contributed by atoms with van der Waals surface area (Å²) in [6.07, 6.45) is 2.33. The molecule has 8 nitrogen and oxygen atoms in total. The number of amides is 3. The molecule has 0 spiro atoms. The number of nitrogens with one attached hydrogen (secondary N) is 1. The highest BCUT2D eigenvalue weighted by atomic mass is 32.1. The maximum absolute atomic E-state index is 14.9. The predicted octanol–water partition coefficient (Wildman–Crippen LogP) is 2.71. The van der Waals surface area contributed by atoms with E-state index in [0.717, 1.165) is 4.88 Å². The number of hydrogen-bond donors (Lipinski definition) is 1. The SMILES string of the molecule is CC(=O)NC[C@H]1CN(c2ccc(N3CCN(C(=O)/C=C/c4cccs4)CC3)c(F)c2)C(=O)O1. The first-order valence-electron chi connectivity index (χ1n) is 10.7. The summed E-state index contributed by atoms with van der Waals surface area (Å²) >= 11 is 1.57. The lowest BCUT2D eigenvalue weighted by Crippen LogP contribution is -2.48. The topological polar surface area (TPSA) is 82.2 Å². The van der Waals surface area contributed by atoms with Crippen LogP contribution in [0.2, 0.25) is 0 Å². The highest BCUT2D eigenvalue weighted by molar-refractivity contribution is 7.10. The lowest BCUT2D eigenvalue weighted by Gasteiger charge is -2.36. The molecule has 10 heteroatoms. The van der Waals surface area contributed by atoms with Crippen LogP contribution in [0.1, 0.15) is 11.8 Å². The Morgan fingerprint density at radius 3 is 2.70 bits per heavy atom. The molecular formula is C23H25FN4O4S. The zero-order chi connectivity index (χ0) is 23.4. The summed E-state index contributed by atoms with van der Waals surface area (Å²) in [6.45, 7) is 3.86. The molecule has 33 heavy (non-hydrogen) atoms. The van der Waals surface area contributed by atoms with Crippen molar-refractivity contribution in [2.24, 2.45) is 0 Å². The Balaban J connectivity index is 1.34. The average Bonchev–Trinajstić information content (AvgIpc) is 3.45. The second kappa shape index (κ2) is 10.0. The van der Waals surface area contributed by atoms with Crippen molar-refractivity contribution in [2.75, 3.05) is 49.1 Å². The van der Waals surface area contributed by atoms with Crippen molar-refractivity contribution in [1.29, 1.82) is 0 Å². The van der Waals surface area contributed by atoms with E-state index in [2.05, 4.69) is 5.32 Å². The first-order chi connectivity index (χ1) is 15.9. The summed E-state index contributed by atoms with van der Waals surface area (Å²) in [5.41, 5.74) is 0.835. The minimum Gasteiger partial charge on any atom is -0.442 e. The fourth-order valence-corrected chi connectivity index (χ4v) is 4.45. The lowest BCUT2D eigenvalue weighted by atomic mass is 10.2. The molecule has 0 bridgehead atoms. The number of carbonyl (C=O) groups excluding carboxylic acids is 3. The Morgan fingerprint density at radius 1 is 1.24 bits per heavy atom. The van der Waals surface area contributed by atoms with E-state index in [4.69, 9.17) is 4.74 Å². The second-order valence-electron chi connectivity index (χ2n) is 7.85. The molecule has 3 heterocycles. The van der Waals surface area contributed by atoms with Gasteiger partial charge in [0, 0.05) is 44.1 Å². The Bertz CT molecular complexity index is 1050. The summed E-state index contributed by atoms with van der Waals surface area (Å²) in [4.78, 5) is 41.7. The summed E-state index contributed by atoms with van der Waals surface area (Å²) in [6, 6.07) is 8.53. The summed E-state index contributed by atoms with van der Waals surface area (Å²) in [5.74, 6) is -0.705. The van der Waals surface area contributed by atoms with Gasteiger partial charge < -0.3 is 19.9 Å². The van der Waals surface area contributed by atoms with Crippen LogP contribution in [0, 0.1) is 5.82 Å². The number of halogens is 1. The number of hydrogen-bond acceptors (Lipinski definition) is 6. The third kappa shape index (κ3) is 5.51. The molecule has 0 aliphatic carbocycles. The summed E-state index contributed by atoms with van der Waals surface area (Å²) < 4.78 is 20.2. The van der Waals surface area contributed by atoms with Crippen LogP contribution in [-0.4, -0.2) is 68.2 Å². The highest BCUT2D eigenvalue weighted by Crippen LogP contribution is 2.28. The van der Waals surface area contributed by atoms with Crippen molar-refractivity contribution in [3.63, 3.8) is 0 Å². The normalized spacial score (nSPS) is 18.7. The van der Waals surface area contributed by atoms with Gasteiger partial charge in [0.15, 0.2) is 0 Å². The van der Waals surface area contributed by atoms with Gasteiger partial charge in [-0.2, -0.15) is 0 Å². The molecule has 3 amide bonds. The van der Waals surface area contributed by atoms with Gasteiger partial charge in [0.1, 0.15) is 11.9 Å². The third-order valence-corrected chi connectivity index (χ3v) is 6.40. The standard InChI is InChI=1S/C23H25FN4O4S/c1-16(29)25-14-18-15-28(23(31)32-18)17-4-6-21(20(24)13-17)26-8-10-27(11-9-26)22(30)7-5-19-3-2-12-33-19/h2-7,12-13,18H,8-11,14-15H2,1H3,(H,25,29)/b7-5+/t18-/m0/s1. The number of piperazine rings is 1. The quantitative estimate of drug-likeness (QED) is 0.654. The molecule has 4 rings (SSSR count). The molecule has 1 aromatic carbocycles. The number of ether oxygens (including phenoxy) is 1. The largest absolute Gasteiger partial charge is 0.442 e. The molecule has 2 aromatic rings. The molecule has 2 saturated heterocycles. The maximum atomic E-state index is 14.9. The van der Waals surface area contributed by atoms with Gasteiger partial charge in [-0.3, -0.25) is 14.5 Å². The number of rotatable bonds is 6. The number of cyclic esters (lactones) is 1.